The van der Waals surface area contributed by atoms with Crippen molar-refractivity contribution in [3.8, 4) is 0 Å². The molecule has 0 aromatic rings. The van der Waals surface area contributed by atoms with Gasteiger partial charge in [-0.3, -0.25) is 0 Å². The number of ketones is 1. The van der Waals surface area contributed by atoms with E-state index in [1.54, 1.807) is 0 Å². The van der Waals surface area contributed by atoms with Crippen LogP contribution >= 0.6 is 0 Å². The van der Waals surface area contributed by atoms with Crippen LogP contribution in [0.15, 0.2) is 0 Å². The summed E-state index contributed by atoms with van der Waals surface area (Å²) in [6.07, 6.45) is -1.23. The van der Waals surface area contributed by atoms with Crippen LogP contribution in [0.2, 0.25) is 0 Å². The molecule has 2 unspecified atom stereocenters. The Morgan fingerprint density at radius 3 is 2.07 bits per heavy atom. The van der Waals surface area contributed by atoms with Crippen molar-refractivity contribution in [2.75, 3.05) is 27.7 Å². The summed E-state index contributed by atoms with van der Waals surface area (Å²) >= 11 is 0. The fraction of sp³-hybridized carbons (Fsp3) is 0.800. The highest BCUT2D eigenvalue weighted by molar-refractivity contribution is 5.81. The number of quaternary nitrogens is 1. The van der Waals surface area contributed by atoms with Crippen molar-refractivity contribution in [2.24, 2.45) is 5.92 Å². The number of carbonyl (C=O) groups is 2. The molecular weight excluding hydrogens is 198 g/mol. The molecule has 0 saturated heterocycles. The van der Waals surface area contributed by atoms with E-state index in [0.717, 1.165) is 0 Å². The van der Waals surface area contributed by atoms with Crippen molar-refractivity contribution in [3.05, 3.63) is 0 Å². The van der Waals surface area contributed by atoms with Gasteiger partial charge in [-0.1, -0.05) is 0 Å². The molecule has 0 aliphatic carbocycles. The lowest BCUT2D eigenvalue weighted by atomic mass is 9.96. The molecule has 0 aliphatic rings. The molecule has 0 spiro atoms. The molecule has 0 amide bonds. The van der Waals surface area contributed by atoms with Gasteiger partial charge < -0.3 is 24.3 Å². The number of aliphatic carboxylic acids is 1. The van der Waals surface area contributed by atoms with E-state index in [2.05, 4.69) is 0 Å². The normalized spacial score (nSPS) is 15.8. The molecule has 2 atom stereocenters. The van der Waals surface area contributed by atoms with E-state index in [4.69, 9.17) is 0 Å². The Bertz CT molecular complexity index is 244. The van der Waals surface area contributed by atoms with Crippen LogP contribution in [0, 0.1) is 5.92 Å². The van der Waals surface area contributed by atoms with Gasteiger partial charge in [0.15, 0.2) is 0 Å². The number of nitrogens with zero attached hydrogens (tertiary/aromatic N) is 1. The van der Waals surface area contributed by atoms with Crippen LogP contribution in [-0.2, 0) is 9.59 Å². The summed E-state index contributed by atoms with van der Waals surface area (Å²) < 4.78 is 0.433. The molecule has 5 nitrogen and oxygen atoms in total. The minimum absolute atomic E-state index is 0.177. The largest absolute Gasteiger partial charge is 0.550 e. The van der Waals surface area contributed by atoms with Crippen LogP contribution in [0.4, 0.5) is 0 Å². The third-order valence-electron chi connectivity index (χ3n) is 2.01. The summed E-state index contributed by atoms with van der Waals surface area (Å²) in [6.45, 7) is 1.57. The number of likely N-dealkylation sites (N-methyl/N-ethyl adjacent to an activating group) is 1. The highest BCUT2D eigenvalue weighted by Crippen LogP contribution is 2.11. The van der Waals surface area contributed by atoms with Gasteiger partial charge in [0.05, 0.1) is 21.1 Å². The van der Waals surface area contributed by atoms with Gasteiger partial charge in [0.25, 0.3) is 0 Å². The van der Waals surface area contributed by atoms with E-state index in [0.29, 0.717) is 4.48 Å². The average molecular weight is 217 g/mol. The van der Waals surface area contributed by atoms with Crippen molar-refractivity contribution in [3.63, 3.8) is 0 Å². The topological polar surface area (TPSA) is 77.4 Å². The minimum atomic E-state index is -1.37. The molecule has 5 heteroatoms. The molecule has 0 bridgehead atoms. The first-order valence-electron chi connectivity index (χ1n) is 4.82. The van der Waals surface area contributed by atoms with Crippen LogP contribution in [0.25, 0.3) is 0 Å². The summed E-state index contributed by atoms with van der Waals surface area (Å²) in [5.74, 6) is -2.74. The Labute approximate surface area is 89.9 Å². The second kappa shape index (κ2) is 5.23. The van der Waals surface area contributed by atoms with Crippen LogP contribution in [0.3, 0.4) is 0 Å². The zero-order chi connectivity index (χ0) is 12.2. The molecular formula is C10H19NO4. The number of carboxylic acid groups (broad SMARTS) is 1. The third kappa shape index (κ3) is 6.19. The minimum Gasteiger partial charge on any atom is -0.550 e. The first-order valence-corrected chi connectivity index (χ1v) is 4.82. The smallest absolute Gasteiger partial charge is 0.130 e. The van der Waals surface area contributed by atoms with E-state index in [1.165, 1.54) is 6.92 Å². The maximum atomic E-state index is 10.8. The van der Waals surface area contributed by atoms with Crippen molar-refractivity contribution in [2.45, 2.75) is 19.4 Å². The lowest BCUT2D eigenvalue weighted by molar-refractivity contribution is -0.874. The summed E-state index contributed by atoms with van der Waals surface area (Å²) in [4.78, 5) is 21.6. The quantitative estimate of drug-likeness (QED) is 0.543. The fourth-order valence-electron chi connectivity index (χ4n) is 1.37. The average Bonchev–Trinajstić information content (AvgIpc) is 1.95. The summed E-state index contributed by atoms with van der Waals surface area (Å²) in [5, 5.41) is 20.4. The monoisotopic (exact) mass is 217 g/mol. The Hall–Kier alpha value is -0.940. The molecule has 0 saturated carbocycles. The second-order valence-electron chi connectivity index (χ2n) is 4.87. The van der Waals surface area contributed by atoms with Crippen LogP contribution in [-0.4, -0.2) is 55.1 Å². The first kappa shape index (κ1) is 14.1. The van der Waals surface area contributed by atoms with E-state index in [9.17, 15) is 19.8 Å². The van der Waals surface area contributed by atoms with Crippen LogP contribution in [0.1, 0.15) is 13.3 Å². The predicted octanol–water partition coefficient (Wildman–Crippen LogP) is -1.60. The third-order valence-corrected chi connectivity index (χ3v) is 2.01. The van der Waals surface area contributed by atoms with Crippen molar-refractivity contribution in [1.82, 2.24) is 0 Å². The number of carboxylic acids is 1. The van der Waals surface area contributed by atoms with Gasteiger partial charge in [0, 0.05) is 18.3 Å². The molecule has 0 rings (SSSR count). The SMILES string of the molecule is CC(=O)CC(C(=O)[O-])C(O)C[N+](C)(C)C. The van der Waals surface area contributed by atoms with Crippen LogP contribution in [0.5, 0.6) is 0 Å². The van der Waals surface area contributed by atoms with Crippen molar-refractivity contribution < 1.29 is 24.3 Å². The fourth-order valence-corrected chi connectivity index (χ4v) is 1.37. The molecule has 0 aromatic heterocycles. The van der Waals surface area contributed by atoms with Crippen molar-refractivity contribution in [1.29, 1.82) is 0 Å². The van der Waals surface area contributed by atoms with E-state index >= 15 is 0 Å². The number of carbonyl (C=O) groups excluding carboxylic acids is 2. The molecule has 0 radical (unpaired) electrons. The van der Waals surface area contributed by atoms with Gasteiger partial charge in [0.2, 0.25) is 0 Å². The van der Waals surface area contributed by atoms with Crippen molar-refractivity contribution >= 4 is 11.8 Å². The van der Waals surface area contributed by atoms with Gasteiger partial charge in [0.1, 0.15) is 18.4 Å². The maximum Gasteiger partial charge on any atom is 0.130 e. The number of aliphatic hydroxyl groups is 1. The van der Waals surface area contributed by atoms with E-state index in [1.807, 2.05) is 21.1 Å². The zero-order valence-corrected chi connectivity index (χ0v) is 9.69. The molecule has 1 N–H and O–H groups in total. The Kier molecular flexibility index (Phi) is 4.90. The standard InChI is InChI=1S/C10H19NO4/c1-7(12)5-8(10(14)15)9(13)6-11(2,3)4/h8-9,13H,5-6H2,1-4H3. The lowest BCUT2D eigenvalue weighted by Gasteiger charge is -2.30. The number of aliphatic hydroxyl groups excluding tert-OH is 1. The lowest BCUT2D eigenvalue weighted by Crippen LogP contribution is -2.49. The summed E-state index contributed by atoms with van der Waals surface area (Å²) in [7, 11) is 5.51. The summed E-state index contributed by atoms with van der Waals surface area (Å²) in [5.41, 5.74) is 0. The molecule has 0 aromatic carbocycles. The Morgan fingerprint density at radius 2 is 1.80 bits per heavy atom. The van der Waals surface area contributed by atoms with Gasteiger partial charge >= 0.3 is 0 Å². The number of rotatable bonds is 6. The predicted molar refractivity (Wildman–Crippen MR) is 52.7 cm³/mol. The first-order chi connectivity index (χ1) is 6.63. The molecule has 0 aliphatic heterocycles. The highest BCUT2D eigenvalue weighted by Gasteiger charge is 2.26. The highest BCUT2D eigenvalue weighted by atomic mass is 16.4. The Morgan fingerprint density at radius 1 is 1.33 bits per heavy atom. The molecule has 0 fully saturated rings. The Balaban J connectivity index is 4.49. The van der Waals surface area contributed by atoms with Gasteiger partial charge in [-0.15, -0.1) is 0 Å². The number of hydrogen-bond donors (Lipinski definition) is 1. The second-order valence-corrected chi connectivity index (χ2v) is 4.87. The number of Topliss-reactive ketones (excluding diaryl/α,β-unsaturated/α-hetero) is 1. The molecule has 88 valence electrons. The van der Waals surface area contributed by atoms with Crippen LogP contribution < -0.4 is 5.11 Å². The molecule has 15 heavy (non-hydrogen) atoms. The maximum absolute atomic E-state index is 10.8. The zero-order valence-electron chi connectivity index (χ0n) is 9.69. The van der Waals surface area contributed by atoms with E-state index in [-0.39, 0.29) is 18.7 Å². The van der Waals surface area contributed by atoms with E-state index < -0.39 is 18.0 Å². The van der Waals surface area contributed by atoms with Gasteiger partial charge in [-0.2, -0.15) is 0 Å². The summed E-state index contributed by atoms with van der Waals surface area (Å²) in [6, 6.07) is 0. The molecule has 0 heterocycles. The van der Waals surface area contributed by atoms with Gasteiger partial charge in [-0.05, 0) is 6.92 Å². The number of hydrogen-bond acceptors (Lipinski definition) is 4. The van der Waals surface area contributed by atoms with Gasteiger partial charge in [-0.25, -0.2) is 0 Å².